The predicted octanol–water partition coefficient (Wildman–Crippen LogP) is 3.12. The molecule has 0 aromatic heterocycles. The summed E-state index contributed by atoms with van der Waals surface area (Å²) in [5.41, 5.74) is 8.70. The summed E-state index contributed by atoms with van der Waals surface area (Å²) in [6.07, 6.45) is 1.00. The summed E-state index contributed by atoms with van der Waals surface area (Å²) in [5, 5.41) is 9.27. The minimum absolute atomic E-state index is 0.161. The molecule has 7 nitrogen and oxygen atoms in total. The normalized spacial score (nSPS) is 25.0. The van der Waals surface area contributed by atoms with Crippen molar-refractivity contribution in [1.29, 1.82) is 0 Å². The van der Waals surface area contributed by atoms with E-state index in [1.165, 1.54) is 23.6 Å². The molecule has 0 aliphatic carbocycles. The zero-order valence-corrected chi connectivity index (χ0v) is 20.3. The number of rotatable bonds is 6. The summed E-state index contributed by atoms with van der Waals surface area (Å²) in [4.78, 5) is 51.8. The highest BCUT2D eigenvalue weighted by molar-refractivity contribution is 8.14. The van der Waals surface area contributed by atoms with Gasteiger partial charge in [0.15, 0.2) is 15.9 Å². The summed E-state index contributed by atoms with van der Waals surface area (Å²) >= 11 is 2.22. The first-order valence-corrected chi connectivity index (χ1v) is 12.9. The number of carbonyl (C=O) groups excluding carboxylic acids is 3. The van der Waals surface area contributed by atoms with Gasteiger partial charge in [0.1, 0.15) is 6.04 Å². The molecule has 2 aromatic carbocycles. The lowest BCUT2D eigenvalue weighted by Crippen LogP contribution is -2.65. The summed E-state index contributed by atoms with van der Waals surface area (Å²) in [6.45, 7) is 1.39. The smallest absolute Gasteiger partial charge is 0.327 e. The molecule has 1 saturated heterocycles. The van der Waals surface area contributed by atoms with E-state index in [4.69, 9.17) is 5.73 Å². The van der Waals surface area contributed by atoms with Gasteiger partial charge < -0.3 is 5.11 Å². The molecule has 4 rings (SSSR count). The molecule has 2 aliphatic heterocycles. The molecule has 3 N–H and O–H groups in total. The average Bonchev–Trinajstić information content (AvgIpc) is 2.96. The Hall–Kier alpha value is -2.62. The van der Waals surface area contributed by atoms with Crippen molar-refractivity contribution in [3.8, 4) is 0 Å². The highest BCUT2D eigenvalue weighted by Crippen LogP contribution is 2.50. The van der Waals surface area contributed by atoms with Crippen molar-refractivity contribution in [2.75, 3.05) is 5.75 Å². The Balaban J connectivity index is 1.85. The molecule has 1 fully saturated rings. The molecule has 0 radical (unpaired) electrons. The van der Waals surface area contributed by atoms with Gasteiger partial charge >= 0.3 is 5.97 Å². The first-order chi connectivity index (χ1) is 16.2. The Morgan fingerprint density at radius 3 is 2.53 bits per heavy atom. The second kappa shape index (κ2) is 9.93. The first-order valence-electron chi connectivity index (χ1n) is 11.1. The summed E-state index contributed by atoms with van der Waals surface area (Å²) in [7, 11) is 0. The molecule has 0 saturated carbocycles. The standard InChI is InChI=1S/C25H26N2O5S2/c1-15(28)34-19(14-16-8-3-2-4-9-16)23(30)21-17-10-5-6-11-18(17)25(26)27(22(21)24(31)32)20(29)12-7-13-33-25/h2-6,8-11,19,21-22H,7,12-14,26H2,1H3,(H,31,32). The number of nitrogens with zero attached hydrogens (tertiary/aromatic N) is 1. The van der Waals surface area contributed by atoms with Gasteiger partial charge in [0.05, 0.1) is 11.2 Å². The van der Waals surface area contributed by atoms with Crippen LogP contribution in [0, 0.1) is 0 Å². The van der Waals surface area contributed by atoms with E-state index in [2.05, 4.69) is 0 Å². The van der Waals surface area contributed by atoms with Gasteiger partial charge in [-0.3, -0.25) is 25.0 Å². The van der Waals surface area contributed by atoms with Crippen LogP contribution < -0.4 is 5.73 Å². The van der Waals surface area contributed by atoms with Crippen molar-refractivity contribution in [2.24, 2.45) is 5.73 Å². The van der Waals surface area contributed by atoms with Crippen molar-refractivity contribution >= 4 is 46.3 Å². The zero-order valence-electron chi connectivity index (χ0n) is 18.7. The quantitative estimate of drug-likeness (QED) is 0.624. The highest BCUT2D eigenvalue weighted by Gasteiger charge is 2.56. The molecule has 9 heteroatoms. The van der Waals surface area contributed by atoms with Gasteiger partial charge in [-0.2, -0.15) is 0 Å². The minimum Gasteiger partial charge on any atom is -0.480 e. The summed E-state index contributed by atoms with van der Waals surface area (Å²) in [6, 6.07) is 14.8. The van der Waals surface area contributed by atoms with Gasteiger partial charge in [-0.15, -0.1) is 11.8 Å². The monoisotopic (exact) mass is 498 g/mol. The summed E-state index contributed by atoms with van der Waals surface area (Å²) in [5.74, 6) is -2.62. The number of fused-ring (bicyclic) bond motifs is 3. The van der Waals surface area contributed by atoms with Crippen LogP contribution in [0.3, 0.4) is 0 Å². The third-order valence-electron chi connectivity index (χ3n) is 6.21. The van der Waals surface area contributed by atoms with Crippen LogP contribution in [0.15, 0.2) is 54.6 Å². The number of carboxylic acids is 1. The van der Waals surface area contributed by atoms with Crippen LogP contribution in [0.1, 0.15) is 42.4 Å². The molecular formula is C25H26N2O5S2. The number of hydrogen-bond donors (Lipinski definition) is 2. The van der Waals surface area contributed by atoms with E-state index in [-0.39, 0.29) is 23.9 Å². The van der Waals surface area contributed by atoms with Gasteiger partial charge in [-0.1, -0.05) is 66.4 Å². The first kappa shape index (κ1) is 24.5. The van der Waals surface area contributed by atoms with Crippen LogP contribution >= 0.6 is 23.5 Å². The minimum atomic E-state index is -1.46. The number of nitrogens with two attached hydrogens (primary N) is 1. The predicted molar refractivity (Wildman–Crippen MR) is 132 cm³/mol. The number of aliphatic carboxylic acids is 1. The molecule has 4 unspecified atom stereocenters. The summed E-state index contributed by atoms with van der Waals surface area (Å²) < 4.78 is 0. The molecule has 4 atom stereocenters. The van der Waals surface area contributed by atoms with Crippen LogP contribution in [0.4, 0.5) is 0 Å². The second-order valence-electron chi connectivity index (χ2n) is 8.45. The number of hydrogen-bond acceptors (Lipinski definition) is 7. The molecule has 2 heterocycles. The Labute approximate surface area is 206 Å². The maximum atomic E-state index is 14.1. The number of carboxylic acid groups (broad SMARTS) is 1. The maximum Gasteiger partial charge on any atom is 0.327 e. The number of benzene rings is 2. The van der Waals surface area contributed by atoms with E-state index >= 15 is 0 Å². The van der Waals surface area contributed by atoms with Crippen molar-refractivity contribution < 1.29 is 24.3 Å². The fraction of sp³-hybridized carbons (Fsp3) is 0.360. The van der Waals surface area contributed by atoms with E-state index in [1.807, 2.05) is 30.3 Å². The highest BCUT2D eigenvalue weighted by atomic mass is 32.2. The van der Waals surface area contributed by atoms with E-state index in [9.17, 15) is 24.3 Å². The molecule has 178 valence electrons. The number of Topliss-reactive ketones (excluding diaryl/α,β-unsaturated/α-hetero) is 1. The number of carbonyl (C=O) groups is 4. The lowest BCUT2D eigenvalue weighted by atomic mass is 9.77. The Kier molecular flexibility index (Phi) is 7.16. The SMILES string of the molecule is CC(=O)SC(Cc1ccccc1)C(=O)C1c2ccccc2C2(N)SCCCC(=O)N2C1C(=O)O. The van der Waals surface area contributed by atoms with Crippen LogP contribution in [-0.2, 0) is 30.6 Å². The Bertz CT molecular complexity index is 1130. The lowest BCUT2D eigenvalue weighted by molar-refractivity contribution is -0.157. The third kappa shape index (κ3) is 4.52. The van der Waals surface area contributed by atoms with Crippen LogP contribution in [0.2, 0.25) is 0 Å². The van der Waals surface area contributed by atoms with E-state index in [0.717, 1.165) is 17.3 Å². The fourth-order valence-corrected chi connectivity index (χ4v) is 7.04. The van der Waals surface area contributed by atoms with E-state index < -0.39 is 34.0 Å². The molecule has 0 spiro atoms. The van der Waals surface area contributed by atoms with E-state index in [0.29, 0.717) is 23.3 Å². The topological polar surface area (TPSA) is 118 Å². The van der Waals surface area contributed by atoms with Crippen molar-refractivity contribution in [1.82, 2.24) is 4.90 Å². The third-order valence-corrected chi connectivity index (χ3v) is 8.57. The molecule has 34 heavy (non-hydrogen) atoms. The lowest BCUT2D eigenvalue weighted by Gasteiger charge is -2.50. The maximum absolute atomic E-state index is 14.1. The van der Waals surface area contributed by atoms with Gasteiger partial charge in [-0.05, 0) is 29.7 Å². The molecule has 2 aromatic rings. The van der Waals surface area contributed by atoms with Crippen molar-refractivity contribution in [3.05, 3.63) is 71.3 Å². The molecule has 0 bridgehead atoms. The molecule has 1 amide bonds. The Morgan fingerprint density at radius 1 is 1.18 bits per heavy atom. The fourth-order valence-electron chi connectivity index (χ4n) is 4.80. The molecular weight excluding hydrogens is 472 g/mol. The van der Waals surface area contributed by atoms with Crippen LogP contribution in [-0.4, -0.2) is 49.8 Å². The second-order valence-corrected chi connectivity index (χ2v) is 11.1. The number of thioether (sulfide) groups is 2. The van der Waals surface area contributed by atoms with Gasteiger partial charge in [0.2, 0.25) is 5.91 Å². The van der Waals surface area contributed by atoms with Gasteiger partial charge in [-0.25, -0.2) is 4.79 Å². The van der Waals surface area contributed by atoms with Crippen LogP contribution in [0.25, 0.3) is 0 Å². The van der Waals surface area contributed by atoms with Gasteiger partial charge in [0, 0.05) is 18.9 Å². The van der Waals surface area contributed by atoms with Crippen molar-refractivity contribution in [3.63, 3.8) is 0 Å². The van der Waals surface area contributed by atoms with Crippen molar-refractivity contribution in [2.45, 2.75) is 48.4 Å². The van der Waals surface area contributed by atoms with E-state index in [1.54, 1.807) is 24.3 Å². The van der Waals surface area contributed by atoms with Crippen LogP contribution in [0.5, 0.6) is 0 Å². The van der Waals surface area contributed by atoms with Gasteiger partial charge in [0.25, 0.3) is 0 Å². The number of amides is 1. The average molecular weight is 499 g/mol. The largest absolute Gasteiger partial charge is 0.480 e. The number of ketones is 1. The zero-order chi connectivity index (χ0) is 24.5. The molecule has 2 aliphatic rings. The Morgan fingerprint density at radius 2 is 1.85 bits per heavy atom.